The first-order valence-corrected chi connectivity index (χ1v) is 32.5. The van der Waals surface area contributed by atoms with Crippen LogP contribution in [0.1, 0.15) is 297 Å². The third kappa shape index (κ3) is 62.7. The Hall–Kier alpha value is -4.19. The maximum Gasteiger partial charge on any atom is 0.306 e. The quantitative estimate of drug-likeness (QED) is 0.0261. The summed E-state index contributed by atoms with van der Waals surface area (Å²) in [6, 6.07) is 0. The van der Waals surface area contributed by atoms with Crippen molar-refractivity contribution in [3.63, 3.8) is 0 Å². The van der Waals surface area contributed by atoms with E-state index >= 15 is 0 Å². The molecule has 78 heavy (non-hydrogen) atoms. The fourth-order valence-electron chi connectivity index (χ4n) is 8.91. The molecule has 0 aliphatic carbocycles. The summed E-state index contributed by atoms with van der Waals surface area (Å²) in [5.74, 6) is -0.890. The molecule has 6 heteroatoms. The van der Waals surface area contributed by atoms with Crippen LogP contribution < -0.4 is 0 Å². The Labute approximate surface area is 482 Å². The molecule has 0 heterocycles. The van der Waals surface area contributed by atoms with Gasteiger partial charge >= 0.3 is 17.9 Å². The van der Waals surface area contributed by atoms with Crippen LogP contribution >= 0.6 is 0 Å². The van der Waals surface area contributed by atoms with Gasteiger partial charge in [-0.25, -0.2) is 0 Å². The van der Waals surface area contributed by atoms with Gasteiger partial charge in [0.2, 0.25) is 0 Å². The first-order chi connectivity index (χ1) is 38.5. The number of ether oxygens (including phenoxy) is 3. The van der Waals surface area contributed by atoms with Gasteiger partial charge in [0.25, 0.3) is 0 Å². The van der Waals surface area contributed by atoms with Crippen molar-refractivity contribution in [2.24, 2.45) is 0 Å². The zero-order valence-corrected chi connectivity index (χ0v) is 50.9. The van der Waals surface area contributed by atoms with Crippen molar-refractivity contribution in [2.75, 3.05) is 13.2 Å². The number of carbonyl (C=O) groups is 3. The Kier molecular flexibility index (Phi) is 61.8. The second-order valence-electron chi connectivity index (χ2n) is 21.3. The third-order valence-electron chi connectivity index (χ3n) is 13.7. The Morgan fingerprint density at radius 1 is 0.269 bits per heavy atom. The Morgan fingerprint density at radius 3 is 0.782 bits per heavy atom. The van der Waals surface area contributed by atoms with E-state index in [4.69, 9.17) is 14.2 Å². The van der Waals surface area contributed by atoms with Crippen LogP contribution in [-0.2, 0) is 28.6 Å². The predicted molar refractivity (Wildman–Crippen MR) is 339 cm³/mol. The third-order valence-corrected chi connectivity index (χ3v) is 13.7. The highest BCUT2D eigenvalue weighted by Gasteiger charge is 2.19. The van der Waals surface area contributed by atoms with Crippen molar-refractivity contribution in [3.8, 4) is 0 Å². The first kappa shape index (κ1) is 73.8. The number of unbranched alkanes of at least 4 members (excludes halogenated alkanes) is 27. The lowest BCUT2D eigenvalue weighted by atomic mass is 10.1. The van der Waals surface area contributed by atoms with Crippen LogP contribution in [0.2, 0.25) is 0 Å². The Bertz CT molecular complexity index is 1620. The fraction of sp³-hybridized carbons (Fsp3) is 0.681. The topological polar surface area (TPSA) is 78.9 Å². The summed E-state index contributed by atoms with van der Waals surface area (Å²) in [4.78, 5) is 38.3. The Balaban J connectivity index is 4.26. The highest BCUT2D eigenvalue weighted by Crippen LogP contribution is 2.16. The molecule has 444 valence electrons. The van der Waals surface area contributed by atoms with E-state index in [-0.39, 0.29) is 31.1 Å². The fourth-order valence-corrected chi connectivity index (χ4v) is 8.91. The van der Waals surface area contributed by atoms with Crippen LogP contribution in [-0.4, -0.2) is 37.2 Å². The van der Waals surface area contributed by atoms with Gasteiger partial charge in [-0.1, -0.05) is 290 Å². The average Bonchev–Trinajstić information content (AvgIpc) is 3.44. The molecule has 0 aromatic carbocycles. The molecule has 1 unspecified atom stereocenters. The van der Waals surface area contributed by atoms with E-state index in [1.54, 1.807) is 0 Å². The summed E-state index contributed by atoms with van der Waals surface area (Å²) in [6.07, 6.45) is 90.7. The van der Waals surface area contributed by atoms with Crippen molar-refractivity contribution in [1.29, 1.82) is 0 Å². The Morgan fingerprint density at radius 2 is 0.500 bits per heavy atom. The molecule has 0 rings (SSSR count). The van der Waals surface area contributed by atoms with Gasteiger partial charge in [0, 0.05) is 19.3 Å². The maximum absolute atomic E-state index is 12.9. The van der Waals surface area contributed by atoms with Gasteiger partial charge in [-0.15, -0.1) is 0 Å². The van der Waals surface area contributed by atoms with Gasteiger partial charge < -0.3 is 14.2 Å². The molecule has 0 radical (unpaired) electrons. The summed E-state index contributed by atoms with van der Waals surface area (Å²) in [5.41, 5.74) is 0. The monoisotopic (exact) mass is 1080 g/mol. The summed E-state index contributed by atoms with van der Waals surface area (Å²) in [7, 11) is 0. The molecule has 0 spiro atoms. The van der Waals surface area contributed by atoms with Crippen LogP contribution in [0.4, 0.5) is 0 Å². The number of rotatable bonds is 58. The van der Waals surface area contributed by atoms with Crippen LogP contribution in [0.25, 0.3) is 0 Å². The molecule has 6 nitrogen and oxygen atoms in total. The van der Waals surface area contributed by atoms with Crippen molar-refractivity contribution >= 4 is 17.9 Å². The molecular weight excluding hydrogens is 961 g/mol. The van der Waals surface area contributed by atoms with E-state index in [2.05, 4.69) is 142 Å². The molecule has 0 N–H and O–H groups in total. The van der Waals surface area contributed by atoms with Gasteiger partial charge in [0.1, 0.15) is 13.2 Å². The van der Waals surface area contributed by atoms with E-state index < -0.39 is 6.10 Å². The van der Waals surface area contributed by atoms with E-state index in [0.717, 1.165) is 128 Å². The molecule has 1 atom stereocenters. The lowest BCUT2D eigenvalue weighted by Gasteiger charge is -2.18. The molecule has 0 aromatic heterocycles. The number of esters is 3. The summed E-state index contributed by atoms with van der Waals surface area (Å²) < 4.78 is 16.9. The predicted octanol–water partition coefficient (Wildman–Crippen LogP) is 22.4. The minimum absolute atomic E-state index is 0.0820. The van der Waals surface area contributed by atoms with Gasteiger partial charge in [0.15, 0.2) is 6.10 Å². The molecular formula is C72H120O6. The van der Waals surface area contributed by atoms with E-state index in [1.807, 2.05) is 0 Å². The average molecular weight is 1080 g/mol. The number of carbonyl (C=O) groups excluding carboxylic acids is 3. The minimum atomic E-state index is -0.786. The number of hydrogen-bond acceptors (Lipinski definition) is 6. The highest BCUT2D eigenvalue weighted by molar-refractivity contribution is 5.71. The van der Waals surface area contributed by atoms with E-state index in [0.29, 0.717) is 19.3 Å². The van der Waals surface area contributed by atoms with E-state index in [9.17, 15) is 14.4 Å². The van der Waals surface area contributed by atoms with Gasteiger partial charge in [-0.2, -0.15) is 0 Å². The summed E-state index contributed by atoms with van der Waals surface area (Å²) >= 11 is 0. The summed E-state index contributed by atoms with van der Waals surface area (Å²) in [6.45, 7) is 6.41. The first-order valence-electron chi connectivity index (χ1n) is 32.5. The lowest BCUT2D eigenvalue weighted by Crippen LogP contribution is -2.30. The zero-order valence-electron chi connectivity index (χ0n) is 50.9. The van der Waals surface area contributed by atoms with Crippen LogP contribution in [0.5, 0.6) is 0 Å². The molecule has 0 saturated carbocycles. The van der Waals surface area contributed by atoms with Crippen molar-refractivity contribution in [2.45, 2.75) is 303 Å². The van der Waals surface area contributed by atoms with Crippen LogP contribution in [0.15, 0.2) is 122 Å². The molecule has 0 aromatic rings. The largest absolute Gasteiger partial charge is 0.462 e. The molecule has 0 saturated heterocycles. The van der Waals surface area contributed by atoms with Gasteiger partial charge in [0.05, 0.1) is 0 Å². The molecule has 0 aliphatic rings. The standard InChI is InChI=1S/C72H120O6/c1-4-7-10-13-16-19-22-24-26-28-30-32-33-34-35-36-37-38-39-41-42-44-46-48-50-53-56-59-62-65-71(74)77-68-69(67-76-70(73)64-61-58-55-52-21-18-15-12-9-6-3)78-72(75)66-63-60-57-54-51-49-47-45-43-40-31-29-27-25-23-20-17-14-11-8-5-2/h7-8,10-11,16-17,19-20,24-27,30-32,34-35,37-38,40,69H,4-6,9,12-15,18,21-23,28-29,33,36,39,41-68H2,1-3H3/b10-7-,11-8-,19-16-,20-17-,26-24-,27-25-,32-30-,35-34-,38-37-,40-31-. The maximum atomic E-state index is 12.9. The number of hydrogen-bond donors (Lipinski definition) is 0. The van der Waals surface area contributed by atoms with Crippen LogP contribution in [0, 0.1) is 0 Å². The lowest BCUT2D eigenvalue weighted by molar-refractivity contribution is -0.167. The second kappa shape index (κ2) is 65.3. The molecule has 0 fully saturated rings. The van der Waals surface area contributed by atoms with Gasteiger partial charge in [-0.3, -0.25) is 14.4 Å². The van der Waals surface area contributed by atoms with E-state index in [1.165, 1.54) is 128 Å². The minimum Gasteiger partial charge on any atom is -0.462 e. The van der Waals surface area contributed by atoms with Crippen LogP contribution in [0.3, 0.4) is 0 Å². The zero-order chi connectivity index (χ0) is 56.4. The molecule has 0 bridgehead atoms. The van der Waals surface area contributed by atoms with Crippen molar-refractivity contribution in [3.05, 3.63) is 122 Å². The molecule has 0 amide bonds. The van der Waals surface area contributed by atoms with Crippen molar-refractivity contribution in [1.82, 2.24) is 0 Å². The van der Waals surface area contributed by atoms with Gasteiger partial charge in [-0.05, 0) is 109 Å². The normalized spacial score (nSPS) is 12.9. The summed E-state index contributed by atoms with van der Waals surface area (Å²) in [5, 5.41) is 0. The smallest absolute Gasteiger partial charge is 0.306 e. The van der Waals surface area contributed by atoms with Crippen molar-refractivity contribution < 1.29 is 28.6 Å². The SMILES string of the molecule is CC/C=C\C/C=C\C/C=C\C/C=C\C/C=C\C/C=C\CCCCCCCCCCCCC(=O)OCC(COC(=O)CCCCCCCCCCCC)OC(=O)CCCCCCCCCC/C=C\C/C=C\C/C=C\C/C=C\CC. The molecule has 0 aliphatic heterocycles. The second-order valence-corrected chi connectivity index (χ2v) is 21.3. The number of allylic oxidation sites excluding steroid dienone is 20. The highest BCUT2D eigenvalue weighted by atomic mass is 16.6.